The number of carbonyl (C=O) groups excluding carboxylic acids is 2. The molecular weight excluding hydrogens is 959 g/mol. The van der Waals surface area contributed by atoms with Crippen LogP contribution in [0.1, 0.15) is 412 Å². The molecule has 3 N–H and O–H groups in total. The zero-order chi connectivity index (χ0) is 56.4. The van der Waals surface area contributed by atoms with Gasteiger partial charge >= 0.3 is 5.97 Å². The smallest absolute Gasteiger partial charge is 0.305 e. The van der Waals surface area contributed by atoms with Crippen molar-refractivity contribution in [3.8, 4) is 0 Å². The van der Waals surface area contributed by atoms with Gasteiger partial charge in [-0.05, 0) is 32.1 Å². The summed E-state index contributed by atoms with van der Waals surface area (Å²) < 4.78 is 5.51. The monoisotopic (exact) mass is 1100 g/mol. The van der Waals surface area contributed by atoms with E-state index in [1.807, 2.05) is 6.08 Å². The largest absolute Gasteiger partial charge is 0.466 e. The number of nitrogens with one attached hydrogen (secondary N) is 1. The van der Waals surface area contributed by atoms with E-state index in [1.54, 1.807) is 6.08 Å². The highest BCUT2D eigenvalue weighted by molar-refractivity contribution is 5.76. The number of ether oxygens (including phenoxy) is 1. The first-order valence-corrected chi connectivity index (χ1v) is 36.0. The number of aliphatic hydroxyl groups is 2. The number of hydrogen-bond acceptors (Lipinski definition) is 5. The quantitative estimate of drug-likeness (QED) is 0.0320. The minimum absolute atomic E-state index is 0.0245. The van der Waals surface area contributed by atoms with Gasteiger partial charge in [-0.25, -0.2) is 0 Å². The number of allylic oxidation sites excluding steroid dienone is 1. The van der Waals surface area contributed by atoms with E-state index in [1.165, 1.54) is 347 Å². The Labute approximate surface area is 489 Å². The summed E-state index contributed by atoms with van der Waals surface area (Å²) in [6.45, 7) is 4.95. The van der Waals surface area contributed by atoms with E-state index in [0.717, 1.165) is 38.5 Å². The van der Waals surface area contributed by atoms with Gasteiger partial charge in [0.25, 0.3) is 0 Å². The second-order valence-electron chi connectivity index (χ2n) is 24.9. The SMILES string of the molecule is CCCCCCCCCCCCCC/C=C/C(O)C(CO)NC(=O)CCCCCCCCCCCCCCCCCCCCCCCCCCCCCCCOC(=O)CCCCCCCCCCCCCCCCCCCC. The second-order valence-corrected chi connectivity index (χ2v) is 24.9. The van der Waals surface area contributed by atoms with Gasteiger partial charge in [-0.3, -0.25) is 9.59 Å². The normalized spacial score (nSPS) is 12.5. The van der Waals surface area contributed by atoms with Crippen molar-refractivity contribution in [1.82, 2.24) is 5.32 Å². The van der Waals surface area contributed by atoms with Crippen molar-refractivity contribution < 1.29 is 24.5 Å². The van der Waals surface area contributed by atoms with Gasteiger partial charge < -0.3 is 20.3 Å². The first kappa shape index (κ1) is 76.6. The van der Waals surface area contributed by atoms with Gasteiger partial charge in [0.2, 0.25) is 5.91 Å². The number of esters is 1. The van der Waals surface area contributed by atoms with E-state index < -0.39 is 12.1 Å². The molecule has 0 radical (unpaired) electrons. The molecule has 0 aromatic rings. The van der Waals surface area contributed by atoms with Crippen LogP contribution in [0.4, 0.5) is 0 Å². The lowest BCUT2D eigenvalue weighted by Gasteiger charge is -2.20. The maximum Gasteiger partial charge on any atom is 0.305 e. The molecule has 0 spiro atoms. The molecule has 0 aliphatic heterocycles. The fourth-order valence-corrected chi connectivity index (χ4v) is 11.6. The zero-order valence-corrected chi connectivity index (χ0v) is 53.2. The number of carbonyl (C=O) groups is 2. The van der Waals surface area contributed by atoms with E-state index in [0.29, 0.717) is 19.4 Å². The molecule has 0 aromatic heterocycles. The Bertz CT molecular complexity index is 1180. The fraction of sp³-hybridized carbons (Fsp3) is 0.944. The van der Waals surface area contributed by atoms with Crippen molar-refractivity contribution in [1.29, 1.82) is 0 Å². The van der Waals surface area contributed by atoms with Gasteiger partial charge in [0.15, 0.2) is 0 Å². The van der Waals surface area contributed by atoms with Crippen molar-refractivity contribution in [2.75, 3.05) is 13.2 Å². The number of unbranched alkanes of at least 4 members (excludes halogenated alkanes) is 57. The molecular formula is C72H141NO5. The maximum absolute atomic E-state index is 12.5. The summed E-state index contributed by atoms with van der Waals surface area (Å²) in [5.41, 5.74) is 0. The van der Waals surface area contributed by atoms with Crippen molar-refractivity contribution in [2.45, 2.75) is 424 Å². The molecule has 0 aliphatic rings. The first-order chi connectivity index (χ1) is 38.5. The molecule has 0 heterocycles. The predicted octanol–water partition coefficient (Wildman–Crippen LogP) is 23.1. The molecule has 1 amide bonds. The van der Waals surface area contributed by atoms with Crippen LogP contribution in [0.15, 0.2) is 12.2 Å². The van der Waals surface area contributed by atoms with E-state index in [4.69, 9.17) is 4.74 Å². The lowest BCUT2D eigenvalue weighted by molar-refractivity contribution is -0.143. The third-order valence-electron chi connectivity index (χ3n) is 17.1. The molecule has 0 bridgehead atoms. The Morgan fingerprint density at radius 3 is 0.872 bits per heavy atom. The molecule has 0 aliphatic carbocycles. The molecule has 0 fully saturated rings. The van der Waals surface area contributed by atoms with Crippen LogP contribution >= 0.6 is 0 Å². The molecule has 0 saturated heterocycles. The summed E-state index contributed by atoms with van der Waals surface area (Å²) in [4.78, 5) is 24.6. The van der Waals surface area contributed by atoms with Gasteiger partial charge in [-0.1, -0.05) is 379 Å². The zero-order valence-electron chi connectivity index (χ0n) is 53.2. The number of aliphatic hydroxyl groups excluding tert-OH is 2. The summed E-state index contributed by atoms with van der Waals surface area (Å²) in [5, 5.41) is 23.1. The van der Waals surface area contributed by atoms with Crippen LogP contribution in [0.5, 0.6) is 0 Å². The predicted molar refractivity (Wildman–Crippen MR) is 343 cm³/mol. The third kappa shape index (κ3) is 63.8. The van der Waals surface area contributed by atoms with Crippen molar-refractivity contribution >= 4 is 11.9 Å². The number of hydrogen-bond donors (Lipinski definition) is 3. The molecule has 6 heteroatoms. The standard InChI is InChI=1S/C72H141NO5/c1-3-5-7-9-11-13-15-17-19-20-35-38-42-46-50-54-58-62-66-72(77)78-67-63-59-55-51-47-43-39-36-33-31-29-27-25-23-21-22-24-26-28-30-32-34-37-41-45-49-53-57-61-65-71(76)73-69(68-74)70(75)64-60-56-52-48-44-40-18-16-14-12-10-8-6-4-2/h60,64,69-70,74-75H,3-59,61-63,65-68H2,1-2H3,(H,73,76)/b64-60+. The van der Waals surface area contributed by atoms with E-state index >= 15 is 0 Å². The molecule has 0 rings (SSSR count). The fourth-order valence-electron chi connectivity index (χ4n) is 11.6. The molecule has 0 saturated carbocycles. The van der Waals surface area contributed by atoms with Crippen LogP contribution in [0, 0.1) is 0 Å². The van der Waals surface area contributed by atoms with Gasteiger partial charge in [0.1, 0.15) is 0 Å². The summed E-state index contributed by atoms with van der Waals surface area (Å²) in [6.07, 6.45) is 84.5. The average molecular weight is 1100 g/mol. The Kier molecular flexibility index (Phi) is 66.9. The minimum Gasteiger partial charge on any atom is -0.466 e. The molecule has 464 valence electrons. The second kappa shape index (κ2) is 68.1. The van der Waals surface area contributed by atoms with Crippen molar-refractivity contribution in [3.05, 3.63) is 12.2 Å². The highest BCUT2D eigenvalue weighted by atomic mass is 16.5. The number of rotatable bonds is 68. The average Bonchev–Trinajstić information content (AvgIpc) is 3.44. The third-order valence-corrected chi connectivity index (χ3v) is 17.1. The Balaban J connectivity index is 3.32. The summed E-state index contributed by atoms with van der Waals surface area (Å²) in [5.74, 6) is -0.0373. The molecule has 0 aromatic carbocycles. The Morgan fingerprint density at radius 1 is 0.346 bits per heavy atom. The van der Waals surface area contributed by atoms with E-state index in [9.17, 15) is 19.8 Å². The highest BCUT2D eigenvalue weighted by Gasteiger charge is 2.18. The Hall–Kier alpha value is -1.40. The van der Waals surface area contributed by atoms with Crippen LogP contribution in [-0.2, 0) is 14.3 Å². The van der Waals surface area contributed by atoms with Gasteiger partial charge in [0.05, 0.1) is 25.4 Å². The summed E-state index contributed by atoms with van der Waals surface area (Å²) in [6, 6.07) is -0.624. The molecule has 2 atom stereocenters. The topological polar surface area (TPSA) is 95.9 Å². The van der Waals surface area contributed by atoms with Crippen molar-refractivity contribution in [2.24, 2.45) is 0 Å². The lowest BCUT2D eigenvalue weighted by atomic mass is 10.0. The maximum atomic E-state index is 12.5. The summed E-state index contributed by atoms with van der Waals surface area (Å²) >= 11 is 0. The molecule has 2 unspecified atom stereocenters. The van der Waals surface area contributed by atoms with Gasteiger partial charge in [-0.15, -0.1) is 0 Å². The van der Waals surface area contributed by atoms with Crippen LogP contribution in [-0.4, -0.2) is 47.4 Å². The van der Waals surface area contributed by atoms with Crippen LogP contribution in [0.25, 0.3) is 0 Å². The first-order valence-electron chi connectivity index (χ1n) is 36.0. The van der Waals surface area contributed by atoms with Crippen LogP contribution < -0.4 is 5.32 Å². The lowest BCUT2D eigenvalue weighted by Crippen LogP contribution is -2.45. The highest BCUT2D eigenvalue weighted by Crippen LogP contribution is 2.19. The van der Waals surface area contributed by atoms with Crippen LogP contribution in [0.3, 0.4) is 0 Å². The minimum atomic E-state index is -0.841. The summed E-state index contributed by atoms with van der Waals surface area (Å²) in [7, 11) is 0. The molecule has 78 heavy (non-hydrogen) atoms. The van der Waals surface area contributed by atoms with Gasteiger partial charge in [0, 0.05) is 12.8 Å². The van der Waals surface area contributed by atoms with Gasteiger partial charge in [-0.2, -0.15) is 0 Å². The van der Waals surface area contributed by atoms with E-state index in [-0.39, 0.29) is 18.5 Å². The Morgan fingerprint density at radius 2 is 0.590 bits per heavy atom. The molecule has 6 nitrogen and oxygen atoms in total. The van der Waals surface area contributed by atoms with Crippen LogP contribution in [0.2, 0.25) is 0 Å². The van der Waals surface area contributed by atoms with E-state index in [2.05, 4.69) is 19.2 Å². The number of amides is 1. The van der Waals surface area contributed by atoms with Crippen molar-refractivity contribution in [3.63, 3.8) is 0 Å².